The molecule has 0 radical (unpaired) electrons. The van der Waals surface area contributed by atoms with Crippen molar-refractivity contribution in [3.05, 3.63) is 42.5 Å². The third-order valence-corrected chi connectivity index (χ3v) is 6.88. The van der Waals surface area contributed by atoms with Gasteiger partial charge in [-0.3, -0.25) is 0 Å². The lowest BCUT2D eigenvalue weighted by molar-refractivity contribution is -0.000201. The van der Waals surface area contributed by atoms with Gasteiger partial charge in [0.15, 0.2) is 5.65 Å². The molecule has 0 saturated carbocycles. The highest BCUT2D eigenvalue weighted by atomic mass is 19.1. The number of pyridine rings is 1. The molecule has 0 unspecified atom stereocenters. The molecule has 8 nitrogen and oxygen atoms in total. The minimum absolute atomic E-state index is 0.0738. The van der Waals surface area contributed by atoms with Gasteiger partial charge in [0.25, 0.3) is 0 Å². The molecule has 3 saturated heterocycles. The van der Waals surface area contributed by atoms with E-state index in [4.69, 9.17) is 4.74 Å². The Bertz CT molecular complexity index is 1210. The van der Waals surface area contributed by atoms with Crippen LogP contribution in [-0.2, 0) is 4.74 Å². The number of hydrogen-bond donors (Lipinski definition) is 1. The first-order valence-corrected chi connectivity index (χ1v) is 11.2. The zero-order valence-corrected chi connectivity index (χ0v) is 18.0. The van der Waals surface area contributed by atoms with E-state index in [1.54, 1.807) is 6.20 Å². The fourth-order valence-electron chi connectivity index (χ4n) is 4.83. The van der Waals surface area contributed by atoms with Crippen molar-refractivity contribution >= 4 is 28.4 Å². The predicted molar refractivity (Wildman–Crippen MR) is 119 cm³/mol. The highest BCUT2D eigenvalue weighted by Gasteiger charge is 2.44. The average Bonchev–Trinajstić information content (AvgIpc) is 3.20. The molecule has 2 amide bonds. The number of likely N-dealkylation sites (tertiary alicyclic amines) is 1. The summed E-state index contributed by atoms with van der Waals surface area (Å²) < 4.78 is 34.5. The topological polar surface area (TPSA) is 75.5 Å². The van der Waals surface area contributed by atoms with Gasteiger partial charge in [0.05, 0.1) is 25.0 Å². The lowest BCUT2D eigenvalue weighted by Gasteiger charge is -2.53. The smallest absolute Gasteiger partial charge is 0.322 e. The Hall–Kier alpha value is -3.27. The van der Waals surface area contributed by atoms with Gasteiger partial charge >= 0.3 is 6.03 Å². The highest BCUT2D eigenvalue weighted by molar-refractivity contribution is 5.90. The van der Waals surface area contributed by atoms with Gasteiger partial charge in [0.1, 0.15) is 17.7 Å². The molecule has 3 fully saturated rings. The molecule has 0 aliphatic carbocycles. The van der Waals surface area contributed by atoms with Crippen molar-refractivity contribution in [2.45, 2.75) is 19.0 Å². The lowest BCUT2D eigenvalue weighted by atomic mass is 9.73. The number of benzene rings is 1. The second-order valence-electron chi connectivity index (χ2n) is 9.25. The predicted octanol–water partition coefficient (Wildman–Crippen LogP) is 3.36. The molecule has 1 N–H and O–H groups in total. The van der Waals surface area contributed by atoms with Crippen LogP contribution in [0.25, 0.3) is 16.7 Å². The van der Waals surface area contributed by atoms with Crippen molar-refractivity contribution in [2.24, 2.45) is 5.41 Å². The first-order chi connectivity index (χ1) is 16.0. The van der Waals surface area contributed by atoms with Gasteiger partial charge in [-0.25, -0.2) is 23.2 Å². The van der Waals surface area contributed by atoms with Crippen molar-refractivity contribution in [3.63, 3.8) is 0 Å². The van der Waals surface area contributed by atoms with Crippen LogP contribution < -0.4 is 10.2 Å². The van der Waals surface area contributed by atoms with Crippen LogP contribution in [0.5, 0.6) is 0 Å². The molecule has 5 heterocycles. The van der Waals surface area contributed by atoms with Gasteiger partial charge in [-0.1, -0.05) is 0 Å². The van der Waals surface area contributed by atoms with Gasteiger partial charge in [0.2, 0.25) is 0 Å². The van der Waals surface area contributed by atoms with Crippen LogP contribution in [-0.4, -0.2) is 71.3 Å². The van der Waals surface area contributed by atoms with E-state index in [-0.39, 0.29) is 18.8 Å². The number of carbonyl (C=O) groups excluding carboxylic acids is 1. The van der Waals surface area contributed by atoms with E-state index in [0.29, 0.717) is 16.7 Å². The molecule has 3 aliphatic heterocycles. The van der Waals surface area contributed by atoms with Crippen LogP contribution in [0.2, 0.25) is 0 Å². The molecular formula is C23H24F2N6O2. The summed E-state index contributed by atoms with van der Waals surface area (Å²) in [6.45, 7) is 3.80. The maximum Gasteiger partial charge on any atom is 0.322 e. The number of urea groups is 1. The van der Waals surface area contributed by atoms with Gasteiger partial charge in [0, 0.05) is 49.0 Å². The number of anilines is 2. The van der Waals surface area contributed by atoms with Crippen molar-refractivity contribution < 1.29 is 18.3 Å². The number of alkyl halides is 1. The van der Waals surface area contributed by atoms with E-state index in [0.717, 1.165) is 50.2 Å². The zero-order valence-electron chi connectivity index (χ0n) is 18.0. The number of ether oxygens (including phenoxy) is 1. The Labute approximate surface area is 189 Å². The number of halogens is 2. The van der Waals surface area contributed by atoms with Crippen molar-refractivity contribution in [1.29, 1.82) is 0 Å². The van der Waals surface area contributed by atoms with Crippen LogP contribution in [0.15, 0.2) is 36.7 Å². The van der Waals surface area contributed by atoms with Crippen LogP contribution in [0.4, 0.5) is 25.0 Å². The molecule has 1 aromatic carbocycles. The third-order valence-electron chi connectivity index (χ3n) is 6.88. The standard InChI is InChI=1S/C23H24F2N6O2/c24-16-11-29(12-16)22(32)27-17-1-2-19(25)20(8-17)31-10-15-7-18(9-26-21(15)28-31)30-13-23(14-30)3-5-33-6-4-23/h1-2,7-10,16H,3-6,11-14H2,(H,27,32). The van der Waals surface area contributed by atoms with Crippen LogP contribution >= 0.6 is 0 Å². The lowest BCUT2D eigenvalue weighted by Crippen LogP contribution is -2.58. The monoisotopic (exact) mass is 454 g/mol. The molecule has 3 aliphatic rings. The molecule has 2 aromatic heterocycles. The molecule has 0 bridgehead atoms. The summed E-state index contributed by atoms with van der Waals surface area (Å²) in [4.78, 5) is 20.3. The SMILES string of the molecule is O=C(Nc1ccc(F)c(-n2cc3cc(N4CC5(CCOCC5)C4)cnc3n2)c1)N1CC(F)C1. The van der Waals surface area contributed by atoms with Crippen LogP contribution in [0, 0.1) is 11.2 Å². The average molecular weight is 454 g/mol. The van der Waals surface area contributed by atoms with E-state index < -0.39 is 18.0 Å². The van der Waals surface area contributed by atoms with Crippen LogP contribution in [0.3, 0.4) is 0 Å². The van der Waals surface area contributed by atoms with Crippen molar-refractivity contribution in [2.75, 3.05) is 49.6 Å². The molecule has 6 rings (SSSR count). The molecule has 33 heavy (non-hydrogen) atoms. The summed E-state index contributed by atoms with van der Waals surface area (Å²) in [5.41, 5.74) is 2.51. The second kappa shape index (κ2) is 7.65. The number of hydrogen-bond acceptors (Lipinski definition) is 5. The maximum absolute atomic E-state index is 14.6. The minimum Gasteiger partial charge on any atom is -0.381 e. The number of nitrogens with one attached hydrogen (secondary N) is 1. The van der Waals surface area contributed by atoms with Gasteiger partial charge in [-0.15, -0.1) is 5.10 Å². The number of nitrogens with zero attached hydrogens (tertiary/aromatic N) is 5. The van der Waals surface area contributed by atoms with Crippen molar-refractivity contribution in [1.82, 2.24) is 19.7 Å². The molecular weight excluding hydrogens is 430 g/mol. The largest absolute Gasteiger partial charge is 0.381 e. The number of aromatic nitrogens is 3. The third kappa shape index (κ3) is 3.68. The van der Waals surface area contributed by atoms with Gasteiger partial charge < -0.3 is 19.9 Å². The maximum atomic E-state index is 14.6. The summed E-state index contributed by atoms with van der Waals surface area (Å²) in [7, 11) is 0. The Balaban J connectivity index is 1.21. The molecule has 3 aromatic rings. The number of amides is 2. The Morgan fingerprint density at radius 3 is 2.73 bits per heavy atom. The summed E-state index contributed by atoms with van der Waals surface area (Å²) in [6, 6.07) is 5.88. The number of fused-ring (bicyclic) bond motifs is 1. The zero-order chi connectivity index (χ0) is 22.6. The van der Waals surface area contributed by atoms with Crippen molar-refractivity contribution in [3.8, 4) is 5.69 Å². The first-order valence-electron chi connectivity index (χ1n) is 11.2. The van der Waals surface area contributed by atoms with E-state index in [1.165, 1.54) is 27.8 Å². The van der Waals surface area contributed by atoms with Gasteiger partial charge in [-0.05, 0) is 37.1 Å². The van der Waals surface area contributed by atoms with Crippen LogP contribution in [0.1, 0.15) is 12.8 Å². The van der Waals surface area contributed by atoms with E-state index in [9.17, 15) is 13.6 Å². The highest BCUT2D eigenvalue weighted by Crippen LogP contribution is 2.42. The summed E-state index contributed by atoms with van der Waals surface area (Å²) in [6.07, 6.45) is 4.75. The van der Waals surface area contributed by atoms with E-state index in [1.807, 2.05) is 12.3 Å². The molecule has 172 valence electrons. The molecule has 1 spiro atoms. The van der Waals surface area contributed by atoms with Gasteiger partial charge in [-0.2, -0.15) is 0 Å². The fourth-order valence-corrected chi connectivity index (χ4v) is 4.83. The summed E-state index contributed by atoms with van der Waals surface area (Å²) in [5.74, 6) is -0.474. The Morgan fingerprint density at radius 1 is 1.18 bits per heavy atom. The summed E-state index contributed by atoms with van der Waals surface area (Å²) >= 11 is 0. The number of rotatable bonds is 3. The van der Waals surface area contributed by atoms with E-state index >= 15 is 0 Å². The second-order valence-corrected chi connectivity index (χ2v) is 9.25. The Kier molecular flexibility index (Phi) is 4.72. The fraction of sp³-hybridized carbons (Fsp3) is 0.435. The summed E-state index contributed by atoms with van der Waals surface area (Å²) in [5, 5.41) is 7.92. The number of carbonyl (C=O) groups is 1. The Morgan fingerprint density at radius 2 is 1.97 bits per heavy atom. The van der Waals surface area contributed by atoms with E-state index in [2.05, 4.69) is 20.3 Å². The quantitative estimate of drug-likeness (QED) is 0.657. The first kappa shape index (κ1) is 20.3. The molecule has 0 atom stereocenters. The normalized spacial score (nSPS) is 20.1. The minimum atomic E-state index is -0.980. The molecule has 10 heteroatoms.